The molecule has 174 valence electrons. The Morgan fingerprint density at radius 3 is 2.56 bits per heavy atom. The van der Waals surface area contributed by atoms with Crippen LogP contribution in [-0.4, -0.2) is 43.7 Å². The van der Waals surface area contributed by atoms with Gasteiger partial charge in [-0.2, -0.15) is 0 Å². The standard InChI is InChI=1S/C26H35ClN2O3/c1-6-26(28-24-16-20(27)15-23(18(24)2)25(30)32-5)12-10-21(11-13-26)29(3)17-19-8-7-9-22(14-19)31-4/h7-9,14-16,21,28H,6,10-13,17H2,1-5H3. The molecule has 0 atom stereocenters. The summed E-state index contributed by atoms with van der Waals surface area (Å²) in [5.74, 6) is 0.540. The van der Waals surface area contributed by atoms with Gasteiger partial charge in [0.25, 0.3) is 0 Å². The lowest BCUT2D eigenvalue weighted by Crippen LogP contribution is -2.46. The number of hydrogen-bond donors (Lipinski definition) is 1. The van der Waals surface area contributed by atoms with Crippen LogP contribution in [0.25, 0.3) is 0 Å². The highest BCUT2D eigenvalue weighted by molar-refractivity contribution is 6.31. The van der Waals surface area contributed by atoms with Crippen molar-refractivity contribution < 1.29 is 14.3 Å². The number of ether oxygens (including phenoxy) is 2. The van der Waals surface area contributed by atoms with Gasteiger partial charge in [0.2, 0.25) is 0 Å². The molecule has 0 amide bonds. The molecule has 0 bridgehead atoms. The van der Waals surface area contributed by atoms with Gasteiger partial charge in [0.05, 0.1) is 19.8 Å². The monoisotopic (exact) mass is 458 g/mol. The van der Waals surface area contributed by atoms with E-state index in [1.807, 2.05) is 25.1 Å². The first-order valence-electron chi connectivity index (χ1n) is 11.3. The van der Waals surface area contributed by atoms with Gasteiger partial charge in [-0.3, -0.25) is 4.90 Å². The number of nitrogens with one attached hydrogen (secondary N) is 1. The summed E-state index contributed by atoms with van der Waals surface area (Å²) in [6.07, 6.45) is 5.38. The van der Waals surface area contributed by atoms with Gasteiger partial charge in [0, 0.05) is 28.8 Å². The van der Waals surface area contributed by atoms with Crippen LogP contribution in [0.3, 0.4) is 0 Å². The molecule has 0 heterocycles. The SMILES string of the molecule is CCC1(Nc2cc(Cl)cc(C(=O)OC)c2C)CCC(N(C)Cc2cccc(OC)c2)CC1. The Labute approximate surface area is 197 Å². The Bertz CT molecular complexity index is 939. The predicted molar refractivity (Wildman–Crippen MR) is 131 cm³/mol. The average Bonchev–Trinajstić information content (AvgIpc) is 2.81. The third-order valence-corrected chi connectivity index (χ3v) is 7.17. The minimum absolute atomic E-state index is 0.00383. The van der Waals surface area contributed by atoms with E-state index in [0.29, 0.717) is 16.6 Å². The van der Waals surface area contributed by atoms with Crippen molar-refractivity contribution in [3.05, 3.63) is 58.1 Å². The van der Waals surface area contributed by atoms with E-state index in [0.717, 1.165) is 55.6 Å². The van der Waals surface area contributed by atoms with Gasteiger partial charge in [0.1, 0.15) is 5.75 Å². The molecule has 6 heteroatoms. The average molecular weight is 459 g/mol. The second-order valence-corrected chi connectivity index (χ2v) is 9.31. The molecule has 1 saturated carbocycles. The zero-order valence-corrected chi connectivity index (χ0v) is 20.6. The second-order valence-electron chi connectivity index (χ2n) is 8.87. The Kier molecular flexibility index (Phi) is 8.07. The third kappa shape index (κ3) is 5.57. The third-order valence-electron chi connectivity index (χ3n) is 6.96. The van der Waals surface area contributed by atoms with Crippen molar-refractivity contribution in [2.24, 2.45) is 0 Å². The topological polar surface area (TPSA) is 50.8 Å². The van der Waals surface area contributed by atoms with Crippen LogP contribution in [-0.2, 0) is 11.3 Å². The van der Waals surface area contributed by atoms with Crippen molar-refractivity contribution in [1.82, 2.24) is 4.90 Å². The number of halogens is 1. The molecule has 1 fully saturated rings. The summed E-state index contributed by atoms with van der Waals surface area (Å²) >= 11 is 6.33. The summed E-state index contributed by atoms with van der Waals surface area (Å²) in [6.45, 7) is 5.08. The van der Waals surface area contributed by atoms with Gasteiger partial charge in [-0.25, -0.2) is 4.79 Å². The van der Waals surface area contributed by atoms with E-state index in [4.69, 9.17) is 21.1 Å². The fraction of sp³-hybridized carbons (Fsp3) is 0.500. The smallest absolute Gasteiger partial charge is 0.338 e. The lowest BCUT2D eigenvalue weighted by molar-refractivity contribution is 0.0600. The summed E-state index contributed by atoms with van der Waals surface area (Å²) < 4.78 is 10.3. The number of anilines is 1. The molecule has 2 aromatic rings. The quantitative estimate of drug-likeness (QED) is 0.486. The maximum atomic E-state index is 12.2. The van der Waals surface area contributed by atoms with Crippen LogP contribution in [0, 0.1) is 6.92 Å². The van der Waals surface area contributed by atoms with Crippen molar-refractivity contribution in [1.29, 1.82) is 0 Å². The van der Waals surface area contributed by atoms with Gasteiger partial charge in [-0.05, 0) is 81.5 Å². The van der Waals surface area contributed by atoms with E-state index in [1.54, 1.807) is 13.2 Å². The van der Waals surface area contributed by atoms with Gasteiger partial charge < -0.3 is 14.8 Å². The van der Waals surface area contributed by atoms with Crippen LogP contribution in [0.4, 0.5) is 5.69 Å². The number of hydrogen-bond acceptors (Lipinski definition) is 5. The minimum atomic E-state index is -0.360. The number of carbonyl (C=O) groups excluding carboxylic acids is 1. The number of esters is 1. The maximum absolute atomic E-state index is 12.2. The molecule has 32 heavy (non-hydrogen) atoms. The van der Waals surface area contributed by atoms with Gasteiger partial charge >= 0.3 is 5.97 Å². The largest absolute Gasteiger partial charge is 0.497 e. The van der Waals surface area contributed by atoms with Gasteiger partial charge in [-0.15, -0.1) is 0 Å². The summed E-state index contributed by atoms with van der Waals surface area (Å²) in [7, 11) is 5.31. The normalized spacial score (nSPS) is 20.8. The molecular weight excluding hydrogens is 424 g/mol. The molecule has 0 aliphatic heterocycles. The Balaban J connectivity index is 1.69. The molecule has 1 aliphatic carbocycles. The first-order chi connectivity index (χ1) is 15.3. The Hall–Kier alpha value is -2.24. The van der Waals surface area contributed by atoms with Gasteiger partial charge in [-0.1, -0.05) is 30.7 Å². The summed E-state index contributed by atoms with van der Waals surface area (Å²) in [5, 5.41) is 4.31. The van der Waals surface area contributed by atoms with Crippen LogP contribution in [0.2, 0.25) is 5.02 Å². The molecule has 3 rings (SSSR count). The van der Waals surface area contributed by atoms with E-state index >= 15 is 0 Å². The van der Waals surface area contributed by atoms with E-state index < -0.39 is 0 Å². The Morgan fingerprint density at radius 2 is 1.94 bits per heavy atom. The number of rotatable bonds is 8. The van der Waals surface area contributed by atoms with Crippen LogP contribution in [0.5, 0.6) is 5.75 Å². The number of carbonyl (C=O) groups is 1. The lowest BCUT2D eigenvalue weighted by Gasteiger charge is -2.44. The lowest BCUT2D eigenvalue weighted by atomic mass is 9.77. The van der Waals surface area contributed by atoms with Crippen LogP contribution >= 0.6 is 11.6 Å². The summed E-state index contributed by atoms with van der Waals surface area (Å²) in [5.41, 5.74) is 3.58. The molecule has 0 saturated heterocycles. The molecule has 0 radical (unpaired) electrons. The fourth-order valence-corrected chi connectivity index (χ4v) is 4.99. The maximum Gasteiger partial charge on any atom is 0.338 e. The second kappa shape index (κ2) is 10.6. The van der Waals surface area contributed by atoms with Crippen molar-refractivity contribution >= 4 is 23.3 Å². The van der Waals surface area contributed by atoms with Crippen LogP contribution in [0.15, 0.2) is 36.4 Å². The first kappa shape index (κ1) is 24.4. The minimum Gasteiger partial charge on any atom is -0.497 e. The number of benzene rings is 2. The van der Waals surface area contributed by atoms with Crippen molar-refractivity contribution in [3.8, 4) is 5.75 Å². The summed E-state index contributed by atoms with van der Waals surface area (Å²) in [6, 6.07) is 12.4. The molecule has 1 aliphatic rings. The highest BCUT2D eigenvalue weighted by atomic mass is 35.5. The molecule has 0 unspecified atom stereocenters. The zero-order valence-electron chi connectivity index (χ0n) is 19.8. The fourth-order valence-electron chi connectivity index (χ4n) is 4.77. The number of methoxy groups -OCH3 is 2. The van der Waals surface area contributed by atoms with E-state index in [9.17, 15) is 4.79 Å². The Morgan fingerprint density at radius 1 is 1.22 bits per heavy atom. The van der Waals surface area contributed by atoms with Crippen molar-refractivity contribution in [2.75, 3.05) is 26.6 Å². The molecular formula is C26H35ClN2O3. The predicted octanol–water partition coefficient (Wildman–Crippen LogP) is 6.08. The molecule has 5 nitrogen and oxygen atoms in total. The molecule has 0 spiro atoms. The van der Waals surface area contributed by atoms with Crippen LogP contribution in [0.1, 0.15) is 60.5 Å². The van der Waals surface area contributed by atoms with E-state index in [2.05, 4.69) is 36.3 Å². The van der Waals surface area contributed by atoms with Crippen molar-refractivity contribution in [3.63, 3.8) is 0 Å². The van der Waals surface area contributed by atoms with Crippen LogP contribution < -0.4 is 10.1 Å². The summed E-state index contributed by atoms with van der Waals surface area (Å²) in [4.78, 5) is 14.6. The van der Waals surface area contributed by atoms with Gasteiger partial charge in [0.15, 0.2) is 0 Å². The zero-order chi connectivity index (χ0) is 23.3. The first-order valence-corrected chi connectivity index (χ1v) is 11.7. The van der Waals surface area contributed by atoms with Crippen molar-refractivity contribution in [2.45, 2.75) is 64.1 Å². The van der Waals surface area contributed by atoms with E-state index in [1.165, 1.54) is 12.7 Å². The highest BCUT2D eigenvalue weighted by Gasteiger charge is 2.35. The molecule has 0 aromatic heterocycles. The highest BCUT2D eigenvalue weighted by Crippen LogP contribution is 2.38. The molecule has 2 aromatic carbocycles. The number of nitrogens with zero attached hydrogens (tertiary/aromatic N) is 1. The molecule has 1 N–H and O–H groups in total. The van der Waals surface area contributed by atoms with E-state index in [-0.39, 0.29) is 11.5 Å².